The molecule has 0 spiro atoms. The molecule has 1 N–H and O–H groups in total. The molecule has 2 heterocycles. The fourth-order valence-corrected chi connectivity index (χ4v) is 6.69. The Hall–Kier alpha value is -2.36. The summed E-state index contributed by atoms with van der Waals surface area (Å²) in [7, 11) is -3.75. The van der Waals surface area contributed by atoms with Gasteiger partial charge in [0.2, 0.25) is 21.8 Å². The Kier molecular flexibility index (Phi) is 7.41. The number of rotatable bonds is 6. The second-order valence-corrected chi connectivity index (χ2v) is 11.4. The van der Waals surface area contributed by atoms with Crippen molar-refractivity contribution in [1.29, 1.82) is 0 Å². The highest BCUT2D eigenvalue weighted by atomic mass is 32.2. The molecule has 2 aliphatic heterocycles. The van der Waals surface area contributed by atoms with E-state index in [4.69, 9.17) is 0 Å². The van der Waals surface area contributed by atoms with Crippen molar-refractivity contribution in [1.82, 2.24) is 9.21 Å². The van der Waals surface area contributed by atoms with Crippen LogP contribution < -0.4 is 5.32 Å². The van der Waals surface area contributed by atoms with Gasteiger partial charge in [-0.25, -0.2) is 8.42 Å². The van der Waals surface area contributed by atoms with Crippen LogP contribution >= 0.6 is 11.8 Å². The molecule has 9 heteroatoms. The molecule has 7 nitrogen and oxygen atoms in total. The number of hydrogen-bond acceptors (Lipinski definition) is 5. The van der Waals surface area contributed by atoms with E-state index in [1.54, 1.807) is 24.0 Å². The number of thioether (sulfide) groups is 1. The van der Waals surface area contributed by atoms with Crippen molar-refractivity contribution in [2.75, 3.05) is 25.0 Å². The summed E-state index contributed by atoms with van der Waals surface area (Å²) in [5.41, 5.74) is 1.33. The molecule has 4 rings (SSSR count). The lowest BCUT2D eigenvalue weighted by Crippen LogP contribution is -2.45. The van der Waals surface area contributed by atoms with Gasteiger partial charge in [-0.1, -0.05) is 50.1 Å². The van der Waals surface area contributed by atoms with Crippen LogP contribution in [0.15, 0.2) is 58.3 Å². The van der Waals surface area contributed by atoms with Crippen LogP contribution in [-0.4, -0.2) is 54.3 Å². The summed E-state index contributed by atoms with van der Waals surface area (Å²) < 4.78 is 28.0. The van der Waals surface area contributed by atoms with Crippen LogP contribution in [0.4, 0.5) is 5.69 Å². The maximum absolute atomic E-state index is 13.3. The SMILES string of the molecule is CCN(Cc1ccccc1)S(=O)(=O)c1ccc2c(c1)NC(=O)C(C(=O)N1CCCCCC1)S2. The third-order valence-corrected chi connectivity index (χ3v) is 9.20. The molecule has 1 unspecified atom stereocenters. The quantitative estimate of drug-likeness (QED) is 0.628. The van der Waals surface area contributed by atoms with Crippen LogP contribution in [0.25, 0.3) is 0 Å². The van der Waals surface area contributed by atoms with E-state index >= 15 is 0 Å². The second-order valence-electron chi connectivity index (χ2n) is 8.30. The number of carbonyl (C=O) groups excluding carboxylic acids is 2. The molecule has 1 saturated heterocycles. The van der Waals surface area contributed by atoms with Crippen LogP contribution in [0, 0.1) is 0 Å². The monoisotopic (exact) mass is 487 g/mol. The highest BCUT2D eigenvalue weighted by Crippen LogP contribution is 2.38. The Bertz CT molecular complexity index is 1110. The van der Waals surface area contributed by atoms with Crippen molar-refractivity contribution >= 4 is 39.3 Å². The summed E-state index contributed by atoms with van der Waals surface area (Å²) in [5, 5.41) is 1.93. The zero-order valence-corrected chi connectivity index (χ0v) is 20.3. The number of likely N-dealkylation sites (tertiary alicyclic amines) is 1. The minimum absolute atomic E-state index is 0.122. The third-order valence-electron chi connectivity index (χ3n) is 6.03. The first-order chi connectivity index (χ1) is 15.9. The smallest absolute Gasteiger partial charge is 0.247 e. The lowest BCUT2D eigenvalue weighted by Gasteiger charge is -2.29. The summed E-state index contributed by atoms with van der Waals surface area (Å²) >= 11 is 1.20. The molecule has 0 aromatic heterocycles. The molecule has 33 heavy (non-hydrogen) atoms. The first-order valence-corrected chi connectivity index (χ1v) is 13.7. The number of hydrogen-bond donors (Lipinski definition) is 1. The number of nitrogens with zero attached hydrogens (tertiary/aromatic N) is 2. The molecular weight excluding hydrogens is 458 g/mol. The van der Waals surface area contributed by atoms with E-state index in [0.29, 0.717) is 30.2 Å². The van der Waals surface area contributed by atoms with E-state index in [0.717, 1.165) is 31.2 Å². The summed E-state index contributed by atoms with van der Waals surface area (Å²) in [4.78, 5) is 28.4. The third kappa shape index (κ3) is 5.26. The molecule has 2 amide bonds. The maximum Gasteiger partial charge on any atom is 0.247 e. The van der Waals surface area contributed by atoms with Gasteiger partial charge in [-0.15, -0.1) is 11.8 Å². The normalized spacial score (nSPS) is 19.0. The summed E-state index contributed by atoms with van der Waals surface area (Å²) in [5.74, 6) is -0.560. The first kappa shape index (κ1) is 23.8. The highest BCUT2D eigenvalue weighted by Gasteiger charge is 2.36. The molecule has 2 aromatic carbocycles. The van der Waals surface area contributed by atoms with E-state index in [9.17, 15) is 18.0 Å². The minimum Gasteiger partial charge on any atom is -0.341 e. The van der Waals surface area contributed by atoms with Crippen molar-refractivity contribution < 1.29 is 18.0 Å². The van der Waals surface area contributed by atoms with Crippen molar-refractivity contribution in [3.63, 3.8) is 0 Å². The molecule has 1 atom stereocenters. The fraction of sp³-hybridized carbons (Fsp3) is 0.417. The average molecular weight is 488 g/mol. The number of anilines is 1. The van der Waals surface area contributed by atoms with E-state index in [2.05, 4.69) is 5.32 Å². The van der Waals surface area contributed by atoms with Crippen molar-refractivity contribution in [2.45, 2.75) is 54.2 Å². The Morgan fingerprint density at radius 3 is 2.45 bits per heavy atom. The van der Waals surface area contributed by atoms with Gasteiger partial charge in [0.1, 0.15) is 0 Å². The van der Waals surface area contributed by atoms with Gasteiger partial charge in [0.15, 0.2) is 5.25 Å². The van der Waals surface area contributed by atoms with Gasteiger partial charge in [0.05, 0.1) is 10.6 Å². The highest BCUT2D eigenvalue weighted by molar-refractivity contribution is 8.01. The van der Waals surface area contributed by atoms with Crippen molar-refractivity contribution in [3.8, 4) is 0 Å². The zero-order valence-electron chi connectivity index (χ0n) is 18.7. The van der Waals surface area contributed by atoms with Gasteiger partial charge in [-0.3, -0.25) is 9.59 Å². The molecule has 1 fully saturated rings. The summed E-state index contributed by atoms with van der Waals surface area (Å²) in [6.45, 7) is 3.75. The molecule has 2 aromatic rings. The van der Waals surface area contributed by atoms with Crippen LogP contribution in [0.2, 0.25) is 0 Å². The Morgan fingerprint density at radius 1 is 1.09 bits per heavy atom. The molecular formula is C24H29N3O4S2. The van der Waals surface area contributed by atoms with Crippen molar-refractivity contribution in [3.05, 3.63) is 54.1 Å². The molecule has 2 aliphatic rings. The number of amides is 2. The molecule has 0 radical (unpaired) electrons. The number of carbonyl (C=O) groups is 2. The molecule has 0 aliphatic carbocycles. The van der Waals surface area contributed by atoms with E-state index in [1.165, 1.54) is 22.1 Å². The average Bonchev–Trinajstić information content (AvgIpc) is 3.11. The zero-order chi connectivity index (χ0) is 23.4. The maximum atomic E-state index is 13.3. The van der Waals surface area contributed by atoms with Crippen LogP contribution in [0.3, 0.4) is 0 Å². The Labute approximate surface area is 199 Å². The van der Waals surface area contributed by atoms with Crippen molar-refractivity contribution in [2.24, 2.45) is 0 Å². The lowest BCUT2D eigenvalue weighted by atomic mass is 10.2. The first-order valence-electron chi connectivity index (χ1n) is 11.3. The number of nitrogens with one attached hydrogen (secondary N) is 1. The standard InChI is InChI=1S/C24H29N3O4S2/c1-2-27(17-18-10-6-5-7-11-18)33(30,31)19-12-13-21-20(16-19)25-23(28)22(32-21)24(29)26-14-8-3-4-9-15-26/h5-7,10-13,16,22H,2-4,8-9,14-15,17H2,1H3,(H,25,28). The number of benzene rings is 2. The van der Waals surface area contributed by atoms with E-state index in [-0.39, 0.29) is 17.3 Å². The fourth-order valence-electron chi connectivity index (χ4n) is 4.17. The number of sulfonamides is 1. The Morgan fingerprint density at radius 2 is 1.79 bits per heavy atom. The molecule has 176 valence electrons. The van der Waals surface area contributed by atoms with Gasteiger partial charge in [-0.05, 0) is 36.6 Å². The van der Waals surface area contributed by atoms with Gasteiger partial charge in [-0.2, -0.15) is 4.31 Å². The van der Waals surface area contributed by atoms with Gasteiger partial charge in [0.25, 0.3) is 0 Å². The van der Waals surface area contributed by atoms with E-state index < -0.39 is 21.2 Å². The second kappa shape index (κ2) is 10.3. The largest absolute Gasteiger partial charge is 0.341 e. The van der Waals surface area contributed by atoms with Crippen LogP contribution in [-0.2, 0) is 26.2 Å². The predicted octanol–water partition coefficient (Wildman–Crippen LogP) is 3.71. The summed E-state index contributed by atoms with van der Waals surface area (Å²) in [6.07, 6.45) is 4.12. The van der Waals surface area contributed by atoms with Gasteiger partial charge in [0, 0.05) is 31.1 Å². The van der Waals surface area contributed by atoms with Crippen LogP contribution in [0.5, 0.6) is 0 Å². The number of fused-ring (bicyclic) bond motifs is 1. The van der Waals surface area contributed by atoms with Gasteiger partial charge >= 0.3 is 0 Å². The predicted molar refractivity (Wildman–Crippen MR) is 129 cm³/mol. The summed E-state index contributed by atoms with van der Waals surface area (Å²) in [6, 6.07) is 14.2. The molecule has 0 saturated carbocycles. The minimum atomic E-state index is -3.75. The van der Waals surface area contributed by atoms with E-state index in [1.807, 2.05) is 30.3 Å². The Balaban J connectivity index is 1.53. The lowest BCUT2D eigenvalue weighted by molar-refractivity contribution is -0.133. The topological polar surface area (TPSA) is 86.8 Å². The van der Waals surface area contributed by atoms with Crippen LogP contribution in [0.1, 0.15) is 38.2 Å². The van der Waals surface area contributed by atoms with Gasteiger partial charge < -0.3 is 10.2 Å². The molecule has 0 bridgehead atoms.